The molecule has 5 nitrogen and oxygen atoms in total. The molecule has 27 heavy (non-hydrogen) atoms. The minimum absolute atomic E-state index is 0.0902. The topological polar surface area (TPSA) is 51.0 Å². The molecule has 0 saturated heterocycles. The third kappa shape index (κ3) is 4.56. The van der Waals surface area contributed by atoms with Gasteiger partial charge in [-0.1, -0.05) is 41.4 Å². The molecule has 7 heteroatoms. The highest BCUT2D eigenvalue weighted by molar-refractivity contribution is 6.35. The predicted octanol–water partition coefficient (Wildman–Crippen LogP) is 4.81. The van der Waals surface area contributed by atoms with E-state index in [0.717, 1.165) is 16.8 Å². The second kappa shape index (κ2) is 8.37. The van der Waals surface area contributed by atoms with Crippen LogP contribution in [0, 0.1) is 0 Å². The summed E-state index contributed by atoms with van der Waals surface area (Å²) in [5.41, 5.74) is 2.68. The van der Waals surface area contributed by atoms with Crippen LogP contribution in [0.1, 0.15) is 24.1 Å². The first-order valence-corrected chi connectivity index (χ1v) is 9.06. The van der Waals surface area contributed by atoms with Gasteiger partial charge in [-0.25, -0.2) is 9.67 Å². The molecule has 1 aromatic heterocycles. The van der Waals surface area contributed by atoms with Gasteiger partial charge in [0.05, 0.1) is 11.7 Å². The van der Waals surface area contributed by atoms with E-state index < -0.39 is 0 Å². The van der Waals surface area contributed by atoms with E-state index in [0.29, 0.717) is 10.0 Å². The second-order valence-electron chi connectivity index (χ2n) is 6.06. The second-order valence-corrected chi connectivity index (χ2v) is 6.90. The Morgan fingerprint density at radius 3 is 2.56 bits per heavy atom. The number of carbonyl (C=O) groups is 1. The summed E-state index contributed by atoms with van der Waals surface area (Å²) in [7, 11) is 1.77. The van der Waals surface area contributed by atoms with Crippen molar-refractivity contribution in [3.8, 4) is 5.69 Å². The van der Waals surface area contributed by atoms with Gasteiger partial charge < -0.3 is 4.90 Å². The van der Waals surface area contributed by atoms with Gasteiger partial charge in [-0.15, -0.1) is 0 Å². The SMILES string of the molecule is CC(c1ccc(-n2cncn2)cc1)N(C)C(=O)/C=C/c1ccc(Cl)cc1Cl. The number of benzene rings is 2. The Morgan fingerprint density at radius 2 is 1.93 bits per heavy atom. The van der Waals surface area contributed by atoms with Crippen molar-refractivity contribution in [1.82, 2.24) is 19.7 Å². The molecular weight excluding hydrogens is 383 g/mol. The van der Waals surface area contributed by atoms with Gasteiger partial charge >= 0.3 is 0 Å². The number of hydrogen-bond donors (Lipinski definition) is 0. The number of carbonyl (C=O) groups excluding carboxylic acids is 1. The maximum absolute atomic E-state index is 12.5. The molecule has 0 aliphatic heterocycles. The molecule has 3 aromatic rings. The van der Waals surface area contributed by atoms with Gasteiger partial charge in [0.25, 0.3) is 0 Å². The fourth-order valence-corrected chi connectivity index (χ4v) is 3.05. The molecule has 3 rings (SSSR count). The van der Waals surface area contributed by atoms with Crippen LogP contribution >= 0.6 is 23.2 Å². The zero-order valence-electron chi connectivity index (χ0n) is 14.9. The van der Waals surface area contributed by atoms with Crippen molar-refractivity contribution in [3.63, 3.8) is 0 Å². The minimum Gasteiger partial charge on any atom is -0.335 e. The quantitative estimate of drug-likeness (QED) is 0.577. The zero-order chi connectivity index (χ0) is 19.4. The molecule has 138 valence electrons. The summed E-state index contributed by atoms with van der Waals surface area (Å²) in [5.74, 6) is -0.117. The van der Waals surface area contributed by atoms with E-state index in [1.54, 1.807) is 47.2 Å². The van der Waals surface area contributed by atoms with E-state index in [1.165, 1.54) is 12.4 Å². The zero-order valence-corrected chi connectivity index (χ0v) is 16.4. The molecule has 0 bridgehead atoms. The summed E-state index contributed by atoms with van der Waals surface area (Å²) >= 11 is 12.0. The number of hydrogen-bond acceptors (Lipinski definition) is 3. The maximum atomic E-state index is 12.5. The first-order chi connectivity index (χ1) is 13.0. The monoisotopic (exact) mass is 400 g/mol. The number of rotatable bonds is 5. The van der Waals surface area contributed by atoms with Crippen molar-refractivity contribution in [1.29, 1.82) is 0 Å². The van der Waals surface area contributed by atoms with Crippen LogP contribution in [0.25, 0.3) is 11.8 Å². The Hall–Kier alpha value is -2.63. The molecule has 0 aliphatic rings. The van der Waals surface area contributed by atoms with Crippen LogP contribution in [0.5, 0.6) is 0 Å². The molecule has 0 N–H and O–H groups in total. The normalized spacial score (nSPS) is 12.3. The Kier molecular flexibility index (Phi) is 5.94. The van der Waals surface area contributed by atoms with Crippen molar-refractivity contribution in [2.75, 3.05) is 7.05 Å². The highest BCUT2D eigenvalue weighted by Gasteiger charge is 2.15. The summed E-state index contributed by atoms with van der Waals surface area (Å²) in [5, 5.41) is 5.17. The summed E-state index contributed by atoms with van der Waals surface area (Å²) in [6.45, 7) is 1.98. The standard InChI is InChI=1S/C20H18Cl2N4O/c1-14(15-4-8-18(9-5-15)26-13-23-12-24-26)25(2)20(27)10-6-16-3-7-17(21)11-19(16)22/h3-14H,1-2H3/b10-6+. The Bertz CT molecular complexity index is 953. The van der Waals surface area contributed by atoms with Crippen LogP contribution in [0.15, 0.2) is 61.2 Å². The third-order valence-electron chi connectivity index (χ3n) is 4.36. The molecule has 1 unspecified atom stereocenters. The van der Waals surface area contributed by atoms with E-state index in [2.05, 4.69) is 10.1 Å². The van der Waals surface area contributed by atoms with Gasteiger partial charge in [0, 0.05) is 23.2 Å². The van der Waals surface area contributed by atoms with E-state index in [4.69, 9.17) is 23.2 Å². The molecule has 0 saturated carbocycles. The van der Waals surface area contributed by atoms with Crippen LogP contribution in [0.4, 0.5) is 0 Å². The largest absolute Gasteiger partial charge is 0.335 e. The smallest absolute Gasteiger partial charge is 0.246 e. The fraction of sp³-hybridized carbons (Fsp3) is 0.150. The molecule has 0 spiro atoms. The number of nitrogens with zero attached hydrogens (tertiary/aromatic N) is 4. The first kappa shape index (κ1) is 19.1. The lowest BCUT2D eigenvalue weighted by molar-refractivity contribution is -0.126. The van der Waals surface area contributed by atoms with Crippen LogP contribution in [-0.4, -0.2) is 32.6 Å². The summed E-state index contributed by atoms with van der Waals surface area (Å²) in [4.78, 5) is 18.1. The van der Waals surface area contributed by atoms with Gasteiger partial charge in [0.1, 0.15) is 12.7 Å². The maximum Gasteiger partial charge on any atom is 0.246 e. The van der Waals surface area contributed by atoms with Crippen LogP contribution < -0.4 is 0 Å². The molecule has 0 fully saturated rings. The Balaban J connectivity index is 1.69. The van der Waals surface area contributed by atoms with E-state index in [1.807, 2.05) is 31.2 Å². The number of amides is 1. The van der Waals surface area contributed by atoms with Crippen molar-refractivity contribution >= 4 is 35.2 Å². The van der Waals surface area contributed by atoms with E-state index in [-0.39, 0.29) is 11.9 Å². The minimum atomic E-state index is -0.117. The molecule has 1 amide bonds. The molecule has 0 radical (unpaired) electrons. The lowest BCUT2D eigenvalue weighted by Crippen LogP contribution is -2.27. The molecule has 2 aromatic carbocycles. The Labute approximate surface area is 167 Å². The molecular formula is C20H18Cl2N4O. The van der Waals surface area contributed by atoms with Crippen molar-refractivity contribution in [3.05, 3.63) is 82.4 Å². The average molecular weight is 401 g/mol. The van der Waals surface area contributed by atoms with Crippen molar-refractivity contribution in [2.24, 2.45) is 0 Å². The van der Waals surface area contributed by atoms with Gasteiger partial charge in [-0.3, -0.25) is 4.79 Å². The highest BCUT2D eigenvalue weighted by Crippen LogP contribution is 2.23. The van der Waals surface area contributed by atoms with Crippen molar-refractivity contribution < 1.29 is 4.79 Å². The number of halogens is 2. The summed E-state index contributed by atoms with van der Waals surface area (Å²) in [6.07, 6.45) is 6.33. The van der Waals surface area contributed by atoms with Gasteiger partial charge in [0.15, 0.2) is 0 Å². The van der Waals surface area contributed by atoms with Crippen LogP contribution in [0.3, 0.4) is 0 Å². The molecule has 1 atom stereocenters. The fourth-order valence-electron chi connectivity index (χ4n) is 2.58. The summed E-state index contributed by atoms with van der Waals surface area (Å²) in [6, 6.07) is 12.9. The number of aromatic nitrogens is 3. The van der Waals surface area contributed by atoms with Crippen LogP contribution in [-0.2, 0) is 4.79 Å². The van der Waals surface area contributed by atoms with Gasteiger partial charge in [-0.2, -0.15) is 5.10 Å². The van der Waals surface area contributed by atoms with Gasteiger partial charge in [0.2, 0.25) is 5.91 Å². The number of likely N-dealkylation sites (N-methyl/N-ethyl adjacent to an activating group) is 1. The van der Waals surface area contributed by atoms with Crippen molar-refractivity contribution in [2.45, 2.75) is 13.0 Å². The van der Waals surface area contributed by atoms with Crippen LogP contribution in [0.2, 0.25) is 10.0 Å². The van der Waals surface area contributed by atoms with E-state index >= 15 is 0 Å². The average Bonchev–Trinajstić information content (AvgIpc) is 3.21. The lowest BCUT2D eigenvalue weighted by Gasteiger charge is -2.24. The van der Waals surface area contributed by atoms with Gasteiger partial charge in [-0.05, 0) is 48.4 Å². The summed E-state index contributed by atoms with van der Waals surface area (Å²) < 4.78 is 1.68. The molecule has 0 aliphatic carbocycles. The molecule has 1 heterocycles. The third-order valence-corrected chi connectivity index (χ3v) is 4.92. The Morgan fingerprint density at radius 1 is 1.19 bits per heavy atom. The first-order valence-electron chi connectivity index (χ1n) is 8.30. The highest BCUT2D eigenvalue weighted by atomic mass is 35.5. The van der Waals surface area contributed by atoms with E-state index in [9.17, 15) is 4.79 Å². The lowest BCUT2D eigenvalue weighted by atomic mass is 10.1. The predicted molar refractivity (Wildman–Crippen MR) is 108 cm³/mol.